The molecule has 0 aliphatic heterocycles. The highest BCUT2D eigenvalue weighted by molar-refractivity contribution is 7.89. The molecule has 2 unspecified atom stereocenters. The van der Waals surface area contributed by atoms with Crippen LogP contribution in [0.3, 0.4) is 0 Å². The number of likely N-dealkylation sites (N-methyl/N-ethyl adjacent to an activating group) is 1. The van der Waals surface area contributed by atoms with Crippen LogP contribution in [0.4, 0.5) is 0 Å². The van der Waals surface area contributed by atoms with Crippen molar-refractivity contribution in [1.29, 1.82) is 0 Å². The second-order valence-corrected chi connectivity index (χ2v) is 14.3. The summed E-state index contributed by atoms with van der Waals surface area (Å²) >= 11 is 0. The summed E-state index contributed by atoms with van der Waals surface area (Å²) in [6.07, 6.45) is 2.91. The zero-order valence-electron chi connectivity index (χ0n) is 28.3. The lowest BCUT2D eigenvalue weighted by Crippen LogP contribution is -2.58. The molecule has 0 aliphatic carbocycles. The number of aryl methyl sites for hydroxylation is 2. The van der Waals surface area contributed by atoms with Crippen LogP contribution in [-0.2, 0) is 32.5 Å². The van der Waals surface area contributed by atoms with Gasteiger partial charge in [-0.3, -0.25) is 14.4 Å². The molecule has 3 N–H and O–H groups in total. The number of benzene rings is 4. The lowest BCUT2D eigenvalue weighted by molar-refractivity contribution is -0.137. The first-order valence-corrected chi connectivity index (χ1v) is 17.7. The lowest BCUT2D eigenvalue weighted by atomic mass is 9.99. The number of fused-ring (bicyclic) bond motifs is 1. The summed E-state index contributed by atoms with van der Waals surface area (Å²) in [4.78, 5) is 46.8. The summed E-state index contributed by atoms with van der Waals surface area (Å²) in [5.74, 6) is -1.96. The molecule has 2 aromatic heterocycles. The second kappa shape index (κ2) is 14.5. The number of nitrogens with one attached hydrogen (secondary N) is 1. The number of carbonyl (C=O) groups is 3. The Labute approximate surface area is 295 Å². The number of sulfonamides is 1. The van der Waals surface area contributed by atoms with Gasteiger partial charge < -0.3 is 20.1 Å². The zero-order chi connectivity index (χ0) is 36.3. The largest absolute Gasteiger partial charge is 0.368 e. The molecule has 0 saturated heterocycles. The van der Waals surface area contributed by atoms with Crippen LogP contribution in [0.5, 0.6) is 0 Å². The van der Waals surface area contributed by atoms with Crippen molar-refractivity contribution in [2.75, 3.05) is 7.05 Å². The highest BCUT2D eigenvalue weighted by atomic mass is 32.2. The third-order valence-electron chi connectivity index (χ3n) is 8.86. The summed E-state index contributed by atoms with van der Waals surface area (Å²) in [5.41, 5.74) is 10.7. The molecule has 0 aliphatic rings. The Hall–Kier alpha value is -6.01. The van der Waals surface area contributed by atoms with Crippen molar-refractivity contribution in [3.63, 3.8) is 0 Å². The van der Waals surface area contributed by atoms with Gasteiger partial charge in [0.2, 0.25) is 5.91 Å². The van der Waals surface area contributed by atoms with Gasteiger partial charge in [0.15, 0.2) is 5.76 Å². The number of carbonyl (C=O) groups excluding carboxylic acids is 3. The van der Waals surface area contributed by atoms with Crippen molar-refractivity contribution < 1.29 is 27.3 Å². The number of primary amides is 1. The molecule has 260 valence electrons. The summed E-state index contributed by atoms with van der Waals surface area (Å²) in [6, 6.07) is 25.9. The van der Waals surface area contributed by atoms with Crippen molar-refractivity contribution >= 4 is 38.6 Å². The molecule has 12 heteroatoms. The molecule has 0 radical (unpaired) electrons. The second-order valence-electron chi connectivity index (χ2n) is 12.5. The maximum Gasteiger partial charge on any atom is 0.267 e. The van der Waals surface area contributed by atoms with Crippen LogP contribution in [0.25, 0.3) is 22.2 Å². The van der Waals surface area contributed by atoms with Crippen LogP contribution in [0, 0.1) is 13.8 Å². The Morgan fingerprint density at radius 2 is 1.51 bits per heavy atom. The SMILES string of the molecule is Cc1cc(C)cc(C(=O)N(C)C(Cc2ccc(-c3ccno3)cc2)C(=O)N(C(Cc2c[nH]c3ccccc23)C(N)=O)S(=O)(=O)c2ccccc2)c1. The van der Waals surface area contributed by atoms with Crippen LogP contribution in [0.1, 0.15) is 32.6 Å². The number of nitrogens with two attached hydrogens (primary N) is 1. The quantitative estimate of drug-likeness (QED) is 0.172. The minimum absolute atomic E-state index is 0.0814. The first-order chi connectivity index (χ1) is 24.4. The van der Waals surface area contributed by atoms with E-state index in [9.17, 15) is 18.0 Å². The fourth-order valence-electron chi connectivity index (χ4n) is 6.33. The average molecular weight is 704 g/mol. The van der Waals surface area contributed by atoms with Crippen molar-refractivity contribution in [2.24, 2.45) is 5.73 Å². The lowest BCUT2D eigenvalue weighted by Gasteiger charge is -2.35. The maximum absolute atomic E-state index is 15.1. The molecular weight excluding hydrogens is 667 g/mol. The van der Waals surface area contributed by atoms with E-state index in [1.807, 2.05) is 44.2 Å². The fraction of sp³-hybridized carbons (Fsp3) is 0.179. The van der Waals surface area contributed by atoms with Gasteiger partial charge in [0.25, 0.3) is 21.8 Å². The summed E-state index contributed by atoms with van der Waals surface area (Å²) < 4.78 is 35.0. The molecule has 51 heavy (non-hydrogen) atoms. The fourth-order valence-corrected chi connectivity index (χ4v) is 7.93. The molecule has 2 atom stereocenters. The van der Waals surface area contributed by atoms with Crippen LogP contribution < -0.4 is 5.73 Å². The number of hydrogen-bond donors (Lipinski definition) is 2. The third-order valence-corrected chi connectivity index (χ3v) is 10.7. The minimum Gasteiger partial charge on any atom is -0.368 e. The van der Waals surface area contributed by atoms with Crippen molar-refractivity contribution in [3.8, 4) is 11.3 Å². The van der Waals surface area contributed by atoms with E-state index in [0.717, 1.165) is 27.6 Å². The van der Waals surface area contributed by atoms with Gasteiger partial charge in [0.05, 0.1) is 11.1 Å². The monoisotopic (exact) mass is 703 g/mol. The van der Waals surface area contributed by atoms with Crippen LogP contribution in [-0.4, -0.2) is 64.6 Å². The number of rotatable bonds is 12. The Balaban J connectivity index is 1.47. The molecule has 0 saturated carbocycles. The van der Waals surface area contributed by atoms with Crippen molar-refractivity contribution in [3.05, 3.63) is 143 Å². The average Bonchev–Trinajstić information content (AvgIpc) is 3.81. The van der Waals surface area contributed by atoms with Gasteiger partial charge in [-0.25, -0.2) is 12.7 Å². The zero-order valence-corrected chi connectivity index (χ0v) is 29.1. The molecule has 3 amide bonds. The standard InChI is InChI=1S/C39H37N5O6S/c1-25-19-26(2)21-29(20-25)38(46)43(3)35(22-27-13-15-28(16-14-27)36-17-18-42-50-36)39(47)44(51(48,49)31-9-5-4-6-10-31)34(37(40)45)23-30-24-41-33-12-8-7-11-32(30)33/h4-21,24,34-35,41H,22-23H2,1-3H3,(H2,40,45). The predicted molar refractivity (Wildman–Crippen MR) is 193 cm³/mol. The van der Waals surface area contributed by atoms with Gasteiger partial charge in [-0.05, 0) is 55.3 Å². The third kappa shape index (κ3) is 7.31. The van der Waals surface area contributed by atoms with Gasteiger partial charge in [-0.1, -0.05) is 83.0 Å². The highest BCUT2D eigenvalue weighted by Crippen LogP contribution is 2.28. The minimum atomic E-state index is -4.70. The van der Waals surface area contributed by atoms with E-state index in [1.54, 1.807) is 54.7 Å². The molecule has 6 rings (SSSR count). The first kappa shape index (κ1) is 34.8. The van der Waals surface area contributed by atoms with Crippen LogP contribution in [0.15, 0.2) is 125 Å². The topological polar surface area (TPSA) is 160 Å². The highest BCUT2D eigenvalue weighted by Gasteiger charge is 2.44. The Morgan fingerprint density at radius 3 is 2.16 bits per heavy atom. The number of H-pyrrole nitrogens is 1. The summed E-state index contributed by atoms with van der Waals surface area (Å²) in [7, 11) is -3.24. The number of nitrogens with zero attached hydrogens (tertiary/aromatic N) is 3. The van der Waals surface area contributed by atoms with Gasteiger partial charge in [-0.15, -0.1) is 0 Å². The smallest absolute Gasteiger partial charge is 0.267 e. The summed E-state index contributed by atoms with van der Waals surface area (Å²) in [5, 5.41) is 4.50. The number of hydrogen-bond acceptors (Lipinski definition) is 7. The van der Waals surface area contributed by atoms with E-state index in [4.69, 9.17) is 10.3 Å². The van der Waals surface area contributed by atoms with E-state index in [0.29, 0.717) is 26.8 Å². The molecule has 6 aromatic rings. The van der Waals surface area contributed by atoms with Gasteiger partial charge in [0.1, 0.15) is 12.1 Å². The Morgan fingerprint density at radius 1 is 0.843 bits per heavy atom. The molecule has 0 bridgehead atoms. The van der Waals surface area contributed by atoms with E-state index >= 15 is 4.79 Å². The molecular formula is C39H37N5O6S. The van der Waals surface area contributed by atoms with Crippen molar-refractivity contribution in [2.45, 2.75) is 43.7 Å². The number of amides is 3. The number of aromatic nitrogens is 2. The van der Waals surface area contributed by atoms with Crippen LogP contribution >= 0.6 is 0 Å². The predicted octanol–water partition coefficient (Wildman–Crippen LogP) is 5.44. The van der Waals surface area contributed by atoms with E-state index in [2.05, 4.69) is 10.1 Å². The Kier molecular flexibility index (Phi) is 9.88. The van der Waals surface area contributed by atoms with Crippen LogP contribution in [0.2, 0.25) is 0 Å². The molecule has 11 nitrogen and oxygen atoms in total. The Bertz CT molecular complexity index is 2280. The molecule has 0 fully saturated rings. The summed E-state index contributed by atoms with van der Waals surface area (Å²) in [6.45, 7) is 3.72. The van der Waals surface area contributed by atoms with Crippen molar-refractivity contribution in [1.82, 2.24) is 19.3 Å². The van der Waals surface area contributed by atoms with Gasteiger partial charge in [-0.2, -0.15) is 0 Å². The van der Waals surface area contributed by atoms with E-state index < -0.39 is 39.8 Å². The number of para-hydroxylation sites is 1. The molecule has 0 spiro atoms. The normalized spacial score (nSPS) is 12.7. The first-order valence-electron chi connectivity index (χ1n) is 16.3. The van der Waals surface area contributed by atoms with E-state index in [-0.39, 0.29) is 17.7 Å². The molecule has 2 heterocycles. The number of aromatic amines is 1. The maximum atomic E-state index is 15.1. The van der Waals surface area contributed by atoms with Gasteiger partial charge >= 0.3 is 0 Å². The van der Waals surface area contributed by atoms with E-state index in [1.165, 1.54) is 42.4 Å². The van der Waals surface area contributed by atoms with Gasteiger partial charge in [0, 0.05) is 54.2 Å². The molecule has 4 aromatic carbocycles.